The normalized spacial score (nSPS) is 19.4. The number of nitrogens with zero attached hydrogens (tertiary/aromatic N) is 5. The van der Waals surface area contributed by atoms with Gasteiger partial charge in [-0.05, 0) is 48.5 Å². The van der Waals surface area contributed by atoms with Crippen LogP contribution in [0.5, 0.6) is 0 Å². The number of aromatic nitrogens is 4. The number of tetrazole rings is 1. The Kier molecular flexibility index (Phi) is 3.92. The van der Waals surface area contributed by atoms with Gasteiger partial charge in [-0.2, -0.15) is 4.68 Å². The van der Waals surface area contributed by atoms with E-state index in [2.05, 4.69) is 32.7 Å². The molecule has 20 heavy (non-hydrogen) atoms. The fraction of sp³-hybridized carbons (Fsp3) is 0.500. The Bertz CT molecular complexity index is 538. The molecular weight excluding hydrogens is 252 g/mol. The zero-order valence-corrected chi connectivity index (χ0v) is 11.7. The molecule has 2 aromatic rings. The SMILES string of the molecule is CCN1CCCC1CNc1nnnn1-c1ccccc1. The highest BCUT2D eigenvalue weighted by atomic mass is 15.6. The highest BCUT2D eigenvalue weighted by Gasteiger charge is 2.23. The monoisotopic (exact) mass is 272 g/mol. The molecule has 1 saturated heterocycles. The molecule has 1 unspecified atom stereocenters. The minimum Gasteiger partial charge on any atom is -0.351 e. The average molecular weight is 272 g/mol. The first-order chi connectivity index (χ1) is 9.88. The molecule has 1 aromatic carbocycles. The van der Waals surface area contributed by atoms with E-state index in [9.17, 15) is 0 Å². The predicted molar refractivity (Wildman–Crippen MR) is 77.9 cm³/mol. The van der Waals surface area contributed by atoms with Crippen LogP contribution in [0.15, 0.2) is 30.3 Å². The van der Waals surface area contributed by atoms with E-state index in [-0.39, 0.29) is 0 Å². The second-order valence-electron chi connectivity index (χ2n) is 5.06. The Morgan fingerprint density at radius 1 is 1.30 bits per heavy atom. The van der Waals surface area contributed by atoms with E-state index in [0.717, 1.165) is 18.8 Å². The van der Waals surface area contributed by atoms with E-state index in [1.807, 2.05) is 30.3 Å². The van der Waals surface area contributed by atoms with E-state index >= 15 is 0 Å². The van der Waals surface area contributed by atoms with E-state index < -0.39 is 0 Å². The first-order valence-electron chi connectivity index (χ1n) is 7.20. The summed E-state index contributed by atoms with van der Waals surface area (Å²) in [6.07, 6.45) is 2.53. The summed E-state index contributed by atoms with van der Waals surface area (Å²) in [5.41, 5.74) is 0.971. The number of hydrogen-bond donors (Lipinski definition) is 1. The van der Waals surface area contributed by atoms with Crippen LogP contribution in [0.25, 0.3) is 5.69 Å². The molecule has 1 aliphatic heterocycles. The van der Waals surface area contributed by atoms with Crippen molar-refractivity contribution in [2.75, 3.05) is 25.0 Å². The third-order valence-corrected chi connectivity index (χ3v) is 3.87. The molecule has 2 heterocycles. The van der Waals surface area contributed by atoms with E-state index in [1.54, 1.807) is 4.68 Å². The van der Waals surface area contributed by atoms with Gasteiger partial charge in [0, 0.05) is 12.6 Å². The first-order valence-corrected chi connectivity index (χ1v) is 7.20. The van der Waals surface area contributed by atoms with Gasteiger partial charge in [0.2, 0.25) is 5.95 Å². The zero-order chi connectivity index (χ0) is 13.8. The Balaban J connectivity index is 1.68. The van der Waals surface area contributed by atoms with Crippen LogP contribution >= 0.6 is 0 Å². The molecule has 0 aliphatic carbocycles. The summed E-state index contributed by atoms with van der Waals surface area (Å²) in [7, 11) is 0. The van der Waals surface area contributed by atoms with Gasteiger partial charge < -0.3 is 5.32 Å². The lowest BCUT2D eigenvalue weighted by Crippen LogP contribution is -2.35. The largest absolute Gasteiger partial charge is 0.351 e. The number of para-hydroxylation sites is 1. The smallest absolute Gasteiger partial charge is 0.247 e. The summed E-state index contributed by atoms with van der Waals surface area (Å²) in [5, 5.41) is 15.3. The number of likely N-dealkylation sites (N-methyl/N-ethyl adjacent to an activating group) is 1. The predicted octanol–water partition coefficient (Wildman–Crippen LogP) is 1.56. The van der Waals surface area contributed by atoms with Gasteiger partial charge in [0.05, 0.1) is 5.69 Å². The summed E-state index contributed by atoms with van der Waals surface area (Å²) in [6, 6.07) is 10.5. The van der Waals surface area contributed by atoms with Gasteiger partial charge in [-0.3, -0.25) is 4.90 Å². The van der Waals surface area contributed by atoms with E-state index in [1.165, 1.54) is 19.4 Å². The maximum absolute atomic E-state index is 4.08. The Hall–Kier alpha value is -1.95. The standard InChI is InChI=1S/C14H20N6/c1-2-19-10-6-9-13(19)11-15-14-16-17-18-20(14)12-7-4-3-5-8-12/h3-5,7-8,13H,2,6,9-11H2,1H3,(H,15,16,18). The Morgan fingerprint density at radius 2 is 2.15 bits per heavy atom. The Morgan fingerprint density at radius 3 is 2.95 bits per heavy atom. The van der Waals surface area contributed by atoms with E-state index in [4.69, 9.17) is 0 Å². The lowest BCUT2D eigenvalue weighted by atomic mass is 10.2. The second kappa shape index (κ2) is 6.00. The van der Waals surface area contributed by atoms with Crippen molar-refractivity contribution in [3.63, 3.8) is 0 Å². The highest BCUT2D eigenvalue weighted by Crippen LogP contribution is 2.17. The molecule has 0 radical (unpaired) electrons. The minimum atomic E-state index is 0.584. The molecule has 106 valence electrons. The summed E-state index contributed by atoms with van der Waals surface area (Å²) in [4.78, 5) is 2.50. The quantitative estimate of drug-likeness (QED) is 0.895. The number of anilines is 1. The van der Waals surface area contributed by atoms with Gasteiger partial charge in [-0.15, -0.1) is 0 Å². The van der Waals surface area contributed by atoms with Gasteiger partial charge in [0.1, 0.15) is 0 Å². The van der Waals surface area contributed by atoms with Gasteiger partial charge in [0.15, 0.2) is 0 Å². The fourth-order valence-electron chi connectivity index (χ4n) is 2.79. The lowest BCUT2D eigenvalue weighted by molar-refractivity contribution is 0.276. The number of benzene rings is 1. The maximum atomic E-state index is 4.08. The summed E-state index contributed by atoms with van der Waals surface area (Å²) in [5.74, 6) is 0.708. The summed E-state index contributed by atoms with van der Waals surface area (Å²) in [6.45, 7) is 5.41. The number of hydrogen-bond acceptors (Lipinski definition) is 5. The van der Waals surface area contributed by atoms with Crippen LogP contribution in [0.1, 0.15) is 19.8 Å². The van der Waals surface area contributed by atoms with Crippen molar-refractivity contribution in [1.29, 1.82) is 0 Å². The number of likely N-dealkylation sites (tertiary alicyclic amines) is 1. The van der Waals surface area contributed by atoms with Crippen molar-refractivity contribution in [3.05, 3.63) is 30.3 Å². The first kappa shape index (κ1) is 13.1. The molecular formula is C14H20N6. The van der Waals surface area contributed by atoms with Crippen molar-refractivity contribution in [2.45, 2.75) is 25.8 Å². The minimum absolute atomic E-state index is 0.584. The highest BCUT2D eigenvalue weighted by molar-refractivity contribution is 5.38. The van der Waals surface area contributed by atoms with Crippen LogP contribution in [-0.2, 0) is 0 Å². The molecule has 6 nitrogen and oxygen atoms in total. The number of nitrogens with one attached hydrogen (secondary N) is 1. The van der Waals surface area contributed by atoms with Crippen molar-refractivity contribution >= 4 is 5.95 Å². The molecule has 0 spiro atoms. The molecule has 0 bridgehead atoms. The Labute approximate surface area is 118 Å². The number of rotatable bonds is 5. The fourth-order valence-corrected chi connectivity index (χ4v) is 2.79. The van der Waals surface area contributed by atoms with Crippen LogP contribution in [0.4, 0.5) is 5.95 Å². The molecule has 0 amide bonds. The summed E-state index contributed by atoms with van der Waals surface area (Å²) < 4.78 is 1.74. The van der Waals surface area contributed by atoms with Crippen LogP contribution in [-0.4, -0.2) is 50.8 Å². The van der Waals surface area contributed by atoms with Crippen LogP contribution in [0, 0.1) is 0 Å². The van der Waals surface area contributed by atoms with Crippen LogP contribution in [0.3, 0.4) is 0 Å². The third kappa shape index (κ3) is 2.65. The molecule has 1 fully saturated rings. The van der Waals surface area contributed by atoms with Gasteiger partial charge in [-0.25, -0.2) is 0 Å². The van der Waals surface area contributed by atoms with Crippen LogP contribution in [0.2, 0.25) is 0 Å². The topological polar surface area (TPSA) is 58.9 Å². The maximum Gasteiger partial charge on any atom is 0.247 e. The lowest BCUT2D eigenvalue weighted by Gasteiger charge is -2.22. The molecule has 3 rings (SSSR count). The van der Waals surface area contributed by atoms with E-state index in [0.29, 0.717) is 12.0 Å². The molecule has 1 atom stereocenters. The summed E-state index contributed by atoms with van der Waals surface area (Å²) >= 11 is 0. The molecule has 6 heteroatoms. The molecule has 0 saturated carbocycles. The van der Waals surface area contributed by atoms with Gasteiger partial charge >= 0.3 is 0 Å². The molecule has 1 N–H and O–H groups in total. The zero-order valence-electron chi connectivity index (χ0n) is 11.7. The van der Waals surface area contributed by atoms with Crippen molar-refractivity contribution in [3.8, 4) is 5.69 Å². The second-order valence-corrected chi connectivity index (χ2v) is 5.06. The third-order valence-electron chi connectivity index (χ3n) is 3.87. The molecule has 1 aromatic heterocycles. The average Bonchev–Trinajstić information content (AvgIpc) is 3.14. The van der Waals surface area contributed by atoms with Crippen molar-refractivity contribution < 1.29 is 0 Å². The molecule has 1 aliphatic rings. The van der Waals surface area contributed by atoms with Crippen LogP contribution < -0.4 is 5.32 Å². The van der Waals surface area contributed by atoms with Gasteiger partial charge in [-0.1, -0.05) is 30.2 Å². The van der Waals surface area contributed by atoms with Crippen molar-refractivity contribution in [1.82, 2.24) is 25.1 Å². The van der Waals surface area contributed by atoms with Crippen molar-refractivity contribution in [2.24, 2.45) is 0 Å². The van der Waals surface area contributed by atoms with Gasteiger partial charge in [0.25, 0.3) is 0 Å².